The van der Waals surface area contributed by atoms with E-state index in [1.54, 1.807) is 0 Å². The average molecular weight is 428 g/mol. The van der Waals surface area contributed by atoms with Crippen molar-refractivity contribution in [3.05, 3.63) is 18.2 Å². The van der Waals surface area contributed by atoms with E-state index in [1.807, 2.05) is 6.07 Å². The van der Waals surface area contributed by atoms with Gasteiger partial charge >= 0.3 is 0 Å². The van der Waals surface area contributed by atoms with E-state index >= 15 is 0 Å². The van der Waals surface area contributed by atoms with Crippen LogP contribution in [0, 0.1) is 11.8 Å². The first-order valence-electron chi connectivity index (χ1n) is 12.4. The molecule has 0 radical (unpaired) electrons. The van der Waals surface area contributed by atoms with Crippen LogP contribution in [-0.4, -0.2) is 56.4 Å². The molecule has 5 rings (SSSR count). The number of ether oxygens (including phenoxy) is 2. The Morgan fingerprint density at radius 1 is 0.968 bits per heavy atom. The Morgan fingerprint density at radius 2 is 1.77 bits per heavy atom. The Balaban J connectivity index is 0.995. The Bertz CT molecular complexity index is 750. The lowest BCUT2D eigenvalue weighted by molar-refractivity contribution is -0.123. The molecular weight excluding hydrogens is 390 g/mol. The lowest BCUT2D eigenvalue weighted by atomic mass is 9.82. The number of para-hydroxylation sites is 1. The number of carbonyl (C=O) groups excluding carboxylic acids is 1. The predicted octanol–water partition coefficient (Wildman–Crippen LogP) is 3.79. The summed E-state index contributed by atoms with van der Waals surface area (Å²) < 4.78 is 11.2. The maximum atomic E-state index is 12.2. The van der Waals surface area contributed by atoms with E-state index in [0.717, 1.165) is 62.9 Å². The number of nitrogens with one attached hydrogen (secondary N) is 1. The standard InChI is InChI=1S/C25H37N3O3/c29-24(17-20-3-1-4-20)26-21-9-7-19(8-10-21)11-12-27-13-15-28(16-14-27)22-5-2-6-23-25(22)31-18-30-23/h2,5-6,19-21H,1,3-4,7-18H2,(H,26,29). The molecule has 1 N–H and O–H groups in total. The van der Waals surface area contributed by atoms with Crippen molar-refractivity contribution >= 4 is 11.6 Å². The molecule has 170 valence electrons. The highest BCUT2D eigenvalue weighted by Crippen LogP contribution is 2.41. The van der Waals surface area contributed by atoms with Crippen molar-refractivity contribution in [2.45, 2.75) is 63.8 Å². The van der Waals surface area contributed by atoms with Gasteiger partial charge in [0.1, 0.15) is 0 Å². The first-order valence-corrected chi connectivity index (χ1v) is 12.4. The van der Waals surface area contributed by atoms with E-state index in [-0.39, 0.29) is 0 Å². The quantitative estimate of drug-likeness (QED) is 0.718. The molecule has 1 saturated heterocycles. The van der Waals surface area contributed by atoms with Crippen LogP contribution in [0.25, 0.3) is 0 Å². The minimum Gasteiger partial charge on any atom is -0.454 e. The summed E-state index contributed by atoms with van der Waals surface area (Å²) in [7, 11) is 0. The van der Waals surface area contributed by atoms with Crippen LogP contribution < -0.4 is 19.7 Å². The molecule has 6 nitrogen and oxygen atoms in total. The molecule has 0 unspecified atom stereocenters. The number of hydrogen-bond donors (Lipinski definition) is 1. The highest BCUT2D eigenvalue weighted by atomic mass is 16.7. The van der Waals surface area contributed by atoms with Crippen molar-refractivity contribution in [2.75, 3.05) is 44.4 Å². The van der Waals surface area contributed by atoms with Gasteiger partial charge in [-0.2, -0.15) is 0 Å². The highest BCUT2D eigenvalue weighted by molar-refractivity contribution is 5.76. The molecule has 1 aromatic rings. The number of piperazine rings is 1. The normalized spacial score (nSPS) is 26.5. The molecule has 2 heterocycles. The SMILES string of the molecule is O=C(CC1CCC1)NC1CCC(CCN2CCN(c3cccc4c3OCO4)CC2)CC1. The van der Waals surface area contributed by atoms with Crippen LogP contribution in [0.15, 0.2) is 18.2 Å². The van der Waals surface area contributed by atoms with Crippen LogP contribution in [0.1, 0.15) is 57.8 Å². The minimum atomic E-state index is 0.298. The number of nitrogens with zero attached hydrogens (tertiary/aromatic N) is 2. The van der Waals surface area contributed by atoms with Gasteiger partial charge in [0, 0.05) is 38.6 Å². The molecule has 4 aliphatic rings. The van der Waals surface area contributed by atoms with Gasteiger partial charge in [-0.3, -0.25) is 9.69 Å². The summed E-state index contributed by atoms with van der Waals surface area (Å²) in [6.07, 6.45) is 10.7. The van der Waals surface area contributed by atoms with E-state index in [1.165, 1.54) is 50.8 Å². The average Bonchev–Trinajstić information content (AvgIpc) is 3.25. The lowest BCUT2D eigenvalue weighted by Gasteiger charge is -2.37. The second-order valence-electron chi connectivity index (χ2n) is 9.91. The largest absolute Gasteiger partial charge is 0.454 e. The minimum absolute atomic E-state index is 0.298. The molecule has 0 atom stereocenters. The number of rotatable bonds is 7. The fourth-order valence-electron chi connectivity index (χ4n) is 5.58. The van der Waals surface area contributed by atoms with Crippen molar-refractivity contribution in [3.63, 3.8) is 0 Å². The zero-order valence-corrected chi connectivity index (χ0v) is 18.7. The highest BCUT2D eigenvalue weighted by Gasteiger charge is 2.27. The summed E-state index contributed by atoms with van der Waals surface area (Å²) in [5.41, 5.74) is 1.17. The number of carbonyl (C=O) groups is 1. The van der Waals surface area contributed by atoms with Crippen LogP contribution in [0.2, 0.25) is 0 Å². The van der Waals surface area contributed by atoms with E-state index in [0.29, 0.717) is 24.7 Å². The summed E-state index contributed by atoms with van der Waals surface area (Å²) in [6.45, 7) is 5.83. The fraction of sp³-hybridized carbons (Fsp3) is 0.720. The second-order valence-corrected chi connectivity index (χ2v) is 9.91. The first-order chi connectivity index (χ1) is 15.2. The van der Waals surface area contributed by atoms with E-state index in [4.69, 9.17) is 9.47 Å². The van der Waals surface area contributed by atoms with Crippen molar-refractivity contribution in [1.82, 2.24) is 10.2 Å². The topological polar surface area (TPSA) is 54.0 Å². The van der Waals surface area contributed by atoms with Gasteiger partial charge in [0.2, 0.25) is 12.7 Å². The lowest BCUT2D eigenvalue weighted by Crippen LogP contribution is -2.47. The summed E-state index contributed by atoms with van der Waals surface area (Å²) in [4.78, 5) is 17.2. The maximum Gasteiger partial charge on any atom is 0.231 e. The summed E-state index contributed by atoms with van der Waals surface area (Å²) in [5, 5.41) is 3.31. The summed E-state index contributed by atoms with van der Waals surface area (Å²) >= 11 is 0. The predicted molar refractivity (Wildman–Crippen MR) is 122 cm³/mol. The number of amides is 1. The molecule has 2 aliphatic heterocycles. The number of fused-ring (bicyclic) bond motifs is 1. The molecule has 0 aromatic heterocycles. The summed E-state index contributed by atoms with van der Waals surface area (Å²) in [6, 6.07) is 6.61. The molecule has 2 saturated carbocycles. The van der Waals surface area contributed by atoms with E-state index < -0.39 is 0 Å². The molecular formula is C25H37N3O3. The van der Waals surface area contributed by atoms with Gasteiger partial charge in [0.15, 0.2) is 11.5 Å². The van der Waals surface area contributed by atoms with Crippen LogP contribution in [0.3, 0.4) is 0 Å². The first kappa shape index (κ1) is 20.9. The Morgan fingerprint density at radius 3 is 2.52 bits per heavy atom. The van der Waals surface area contributed by atoms with Gasteiger partial charge in [-0.15, -0.1) is 0 Å². The zero-order chi connectivity index (χ0) is 21.0. The third kappa shape index (κ3) is 5.11. The smallest absolute Gasteiger partial charge is 0.231 e. The van der Waals surface area contributed by atoms with Crippen LogP contribution in [0.5, 0.6) is 11.5 Å². The molecule has 0 bridgehead atoms. The molecule has 1 amide bonds. The molecule has 6 heteroatoms. The van der Waals surface area contributed by atoms with E-state index in [2.05, 4.69) is 27.2 Å². The monoisotopic (exact) mass is 427 g/mol. The van der Waals surface area contributed by atoms with Crippen LogP contribution >= 0.6 is 0 Å². The fourth-order valence-corrected chi connectivity index (χ4v) is 5.58. The molecule has 1 aromatic carbocycles. The van der Waals surface area contributed by atoms with Gasteiger partial charge in [-0.05, 0) is 75.5 Å². The molecule has 31 heavy (non-hydrogen) atoms. The molecule has 3 fully saturated rings. The Hall–Kier alpha value is -1.95. The Kier molecular flexibility index (Phi) is 6.53. The van der Waals surface area contributed by atoms with Gasteiger partial charge in [0.25, 0.3) is 0 Å². The maximum absolute atomic E-state index is 12.2. The van der Waals surface area contributed by atoms with Crippen molar-refractivity contribution in [2.24, 2.45) is 11.8 Å². The van der Waals surface area contributed by atoms with Crippen molar-refractivity contribution < 1.29 is 14.3 Å². The Labute approximate surface area is 186 Å². The van der Waals surface area contributed by atoms with Gasteiger partial charge in [-0.25, -0.2) is 0 Å². The van der Waals surface area contributed by atoms with Crippen molar-refractivity contribution in [3.8, 4) is 11.5 Å². The van der Waals surface area contributed by atoms with Gasteiger partial charge in [-0.1, -0.05) is 12.5 Å². The number of hydrogen-bond acceptors (Lipinski definition) is 5. The van der Waals surface area contributed by atoms with Crippen LogP contribution in [-0.2, 0) is 4.79 Å². The summed E-state index contributed by atoms with van der Waals surface area (Å²) in [5.74, 6) is 3.57. The van der Waals surface area contributed by atoms with Gasteiger partial charge < -0.3 is 19.7 Å². The number of anilines is 1. The van der Waals surface area contributed by atoms with Crippen molar-refractivity contribution in [1.29, 1.82) is 0 Å². The zero-order valence-electron chi connectivity index (χ0n) is 18.7. The number of benzene rings is 1. The van der Waals surface area contributed by atoms with E-state index in [9.17, 15) is 4.79 Å². The second kappa shape index (κ2) is 9.68. The van der Waals surface area contributed by atoms with Crippen LogP contribution in [0.4, 0.5) is 5.69 Å². The third-order valence-corrected chi connectivity index (χ3v) is 7.85. The molecule has 0 spiro atoms. The molecule has 2 aliphatic carbocycles. The van der Waals surface area contributed by atoms with Gasteiger partial charge in [0.05, 0.1) is 5.69 Å². The third-order valence-electron chi connectivity index (χ3n) is 7.85.